The van der Waals surface area contributed by atoms with Crippen molar-refractivity contribution in [2.45, 2.75) is 18.7 Å². The fourth-order valence-corrected chi connectivity index (χ4v) is 4.51. The minimum Gasteiger partial charge on any atom is -0.497 e. The molecule has 0 aromatic heterocycles. The number of halogens is 2. The summed E-state index contributed by atoms with van der Waals surface area (Å²) in [6.07, 6.45) is 0.275. The maximum absolute atomic E-state index is 6.51. The van der Waals surface area contributed by atoms with Crippen molar-refractivity contribution in [3.05, 3.63) is 93.5 Å². The first kappa shape index (κ1) is 18.3. The highest BCUT2D eigenvalue weighted by molar-refractivity contribution is 6.36. The predicted octanol–water partition coefficient (Wildman–Crippen LogP) is 6.24. The Morgan fingerprint density at radius 1 is 0.966 bits per heavy atom. The first-order chi connectivity index (χ1) is 14.2. The van der Waals surface area contributed by atoms with Gasteiger partial charge in [-0.15, -0.1) is 0 Å². The van der Waals surface area contributed by atoms with Gasteiger partial charge in [0.15, 0.2) is 0 Å². The van der Waals surface area contributed by atoms with Crippen LogP contribution in [0, 0.1) is 0 Å². The number of hydrogen-bond acceptors (Lipinski definition) is 4. The summed E-state index contributed by atoms with van der Waals surface area (Å²) in [6, 6.07) is 21.5. The van der Waals surface area contributed by atoms with Crippen LogP contribution in [0.3, 0.4) is 0 Å². The molecule has 2 unspecified atom stereocenters. The smallest absolute Gasteiger partial charge is 0.216 e. The van der Waals surface area contributed by atoms with E-state index in [-0.39, 0.29) is 6.04 Å². The quantitative estimate of drug-likeness (QED) is 0.498. The highest BCUT2D eigenvalue weighted by atomic mass is 35.5. The SMILES string of the molecule is COc1ccc(C2=NN3C(C2)c2ccccc2OC3c2c(Cl)cccc2Cl)cc1. The van der Waals surface area contributed by atoms with Crippen molar-refractivity contribution >= 4 is 28.9 Å². The molecule has 0 bridgehead atoms. The minimum absolute atomic E-state index is 0.0504. The zero-order valence-corrected chi connectivity index (χ0v) is 17.2. The summed E-state index contributed by atoms with van der Waals surface area (Å²) in [5.41, 5.74) is 3.89. The van der Waals surface area contributed by atoms with Crippen LogP contribution in [-0.4, -0.2) is 17.8 Å². The highest BCUT2D eigenvalue weighted by Crippen LogP contribution is 2.49. The molecule has 6 heteroatoms. The van der Waals surface area contributed by atoms with E-state index in [9.17, 15) is 0 Å². The molecule has 2 heterocycles. The molecule has 0 fully saturated rings. The van der Waals surface area contributed by atoms with Gasteiger partial charge >= 0.3 is 0 Å². The van der Waals surface area contributed by atoms with Crippen molar-refractivity contribution < 1.29 is 9.47 Å². The van der Waals surface area contributed by atoms with Crippen LogP contribution in [0.15, 0.2) is 71.8 Å². The normalized spacial score (nSPS) is 19.8. The molecule has 146 valence electrons. The Balaban J connectivity index is 1.60. The number of benzene rings is 3. The largest absolute Gasteiger partial charge is 0.497 e. The average molecular weight is 425 g/mol. The first-order valence-corrected chi connectivity index (χ1v) is 10.1. The summed E-state index contributed by atoms with van der Waals surface area (Å²) < 4.78 is 11.6. The molecule has 0 spiro atoms. The van der Waals surface area contributed by atoms with Gasteiger partial charge in [0, 0.05) is 12.0 Å². The van der Waals surface area contributed by atoms with Crippen molar-refractivity contribution in [2.75, 3.05) is 7.11 Å². The third-order valence-corrected chi connectivity index (χ3v) is 6.03. The van der Waals surface area contributed by atoms with Crippen molar-refractivity contribution in [2.24, 2.45) is 5.10 Å². The second-order valence-electron chi connectivity index (χ2n) is 7.02. The van der Waals surface area contributed by atoms with E-state index in [1.165, 1.54) is 0 Å². The molecule has 29 heavy (non-hydrogen) atoms. The number of rotatable bonds is 3. The minimum atomic E-state index is -0.494. The summed E-state index contributed by atoms with van der Waals surface area (Å²) in [5.74, 6) is 1.65. The standard InChI is InChI=1S/C23H18Cl2N2O2/c1-28-15-11-9-14(10-12-15)19-13-20-16-5-2-3-8-21(16)29-23(27(20)26-19)22-17(24)6-4-7-18(22)25/h2-12,20,23H,13H2,1H3. The summed E-state index contributed by atoms with van der Waals surface area (Å²) in [7, 11) is 1.66. The zero-order valence-electron chi connectivity index (χ0n) is 15.7. The van der Waals surface area contributed by atoms with Crippen LogP contribution in [0.2, 0.25) is 10.0 Å². The molecule has 4 nitrogen and oxygen atoms in total. The molecule has 0 saturated carbocycles. The number of hydrazone groups is 1. The van der Waals surface area contributed by atoms with Crippen molar-refractivity contribution in [3.63, 3.8) is 0 Å². The van der Waals surface area contributed by atoms with Crippen molar-refractivity contribution in [1.29, 1.82) is 0 Å². The fraction of sp³-hybridized carbons (Fsp3) is 0.174. The van der Waals surface area contributed by atoms with E-state index in [2.05, 4.69) is 6.07 Å². The van der Waals surface area contributed by atoms with E-state index in [0.717, 1.165) is 40.3 Å². The van der Waals surface area contributed by atoms with Crippen LogP contribution < -0.4 is 9.47 Å². The van der Waals surface area contributed by atoms with Gasteiger partial charge in [-0.25, -0.2) is 5.01 Å². The molecule has 3 aromatic carbocycles. The summed E-state index contributed by atoms with van der Waals surface area (Å²) in [4.78, 5) is 0. The van der Waals surface area contributed by atoms with Crippen molar-refractivity contribution in [1.82, 2.24) is 5.01 Å². The van der Waals surface area contributed by atoms with Gasteiger partial charge in [-0.1, -0.05) is 47.5 Å². The topological polar surface area (TPSA) is 34.1 Å². The van der Waals surface area contributed by atoms with E-state index >= 15 is 0 Å². The molecule has 0 radical (unpaired) electrons. The van der Waals surface area contributed by atoms with Crippen molar-refractivity contribution in [3.8, 4) is 11.5 Å². The van der Waals surface area contributed by atoms with Gasteiger partial charge in [-0.2, -0.15) is 5.10 Å². The van der Waals surface area contributed by atoms with Crippen LogP contribution in [0.25, 0.3) is 0 Å². The number of nitrogens with zero attached hydrogens (tertiary/aromatic N) is 2. The Hall–Kier alpha value is -2.69. The Bertz CT molecular complexity index is 1080. The molecule has 0 N–H and O–H groups in total. The van der Waals surface area contributed by atoms with Crippen LogP contribution in [-0.2, 0) is 0 Å². The van der Waals surface area contributed by atoms with E-state index < -0.39 is 6.23 Å². The van der Waals surface area contributed by atoms with Gasteiger partial charge in [0.2, 0.25) is 6.23 Å². The molecule has 2 atom stereocenters. The predicted molar refractivity (Wildman–Crippen MR) is 115 cm³/mol. The summed E-state index contributed by atoms with van der Waals surface area (Å²) in [5, 5.41) is 8.05. The molecule has 3 aromatic rings. The molecule has 0 saturated heterocycles. The maximum atomic E-state index is 6.51. The maximum Gasteiger partial charge on any atom is 0.216 e. The monoisotopic (exact) mass is 424 g/mol. The number of hydrogen-bond donors (Lipinski definition) is 0. The first-order valence-electron chi connectivity index (χ1n) is 9.35. The van der Waals surface area contributed by atoms with Crippen LogP contribution in [0.4, 0.5) is 0 Å². The number of ether oxygens (including phenoxy) is 2. The molecular formula is C23H18Cl2N2O2. The van der Waals surface area contributed by atoms with E-state index in [1.807, 2.05) is 65.7 Å². The molecule has 0 amide bonds. The lowest BCUT2D eigenvalue weighted by molar-refractivity contribution is -0.0189. The number of methoxy groups -OCH3 is 1. The van der Waals surface area contributed by atoms with Crippen LogP contribution >= 0.6 is 23.2 Å². The van der Waals surface area contributed by atoms with E-state index in [0.29, 0.717) is 10.0 Å². The Labute approximate surface area is 179 Å². The third kappa shape index (κ3) is 3.13. The van der Waals surface area contributed by atoms with Gasteiger partial charge in [-0.3, -0.25) is 0 Å². The van der Waals surface area contributed by atoms with Gasteiger partial charge in [0.1, 0.15) is 11.5 Å². The molecule has 0 aliphatic carbocycles. The number of fused-ring (bicyclic) bond motifs is 3. The average Bonchev–Trinajstić information content (AvgIpc) is 3.19. The lowest BCUT2D eigenvalue weighted by Crippen LogP contribution is -2.34. The third-order valence-electron chi connectivity index (χ3n) is 5.37. The Kier molecular flexibility index (Phi) is 4.61. The Morgan fingerprint density at radius 3 is 2.41 bits per heavy atom. The summed E-state index contributed by atoms with van der Waals surface area (Å²) >= 11 is 13.0. The Morgan fingerprint density at radius 2 is 1.69 bits per heavy atom. The molecular weight excluding hydrogens is 407 g/mol. The van der Waals surface area contributed by atoms with E-state index in [4.69, 9.17) is 37.8 Å². The highest BCUT2D eigenvalue weighted by Gasteiger charge is 2.42. The molecule has 2 aliphatic rings. The fourth-order valence-electron chi connectivity index (χ4n) is 3.93. The second kappa shape index (κ2) is 7.29. The van der Waals surface area contributed by atoms with Gasteiger partial charge in [0.05, 0.1) is 34.5 Å². The van der Waals surface area contributed by atoms with E-state index in [1.54, 1.807) is 7.11 Å². The van der Waals surface area contributed by atoms with Crippen LogP contribution in [0.5, 0.6) is 11.5 Å². The summed E-state index contributed by atoms with van der Waals surface area (Å²) in [6.45, 7) is 0. The van der Waals surface area contributed by atoms with Gasteiger partial charge < -0.3 is 9.47 Å². The van der Waals surface area contributed by atoms with Crippen LogP contribution in [0.1, 0.15) is 35.4 Å². The molecule has 2 aliphatic heterocycles. The van der Waals surface area contributed by atoms with Gasteiger partial charge in [0.25, 0.3) is 0 Å². The second-order valence-corrected chi connectivity index (χ2v) is 7.83. The zero-order chi connectivity index (χ0) is 20.0. The lowest BCUT2D eigenvalue weighted by atomic mass is 9.96. The number of para-hydroxylation sites is 1. The lowest BCUT2D eigenvalue weighted by Gasteiger charge is -2.38. The molecule has 5 rings (SSSR count). The van der Waals surface area contributed by atoms with Gasteiger partial charge in [-0.05, 0) is 48.0 Å².